The van der Waals surface area contributed by atoms with Gasteiger partial charge in [0.05, 0.1) is 0 Å². The van der Waals surface area contributed by atoms with E-state index in [9.17, 15) is 0 Å². The van der Waals surface area contributed by atoms with Crippen LogP contribution in [0, 0.1) is 0 Å². The first-order valence-electron chi connectivity index (χ1n) is 23.4. The van der Waals surface area contributed by atoms with E-state index < -0.39 is 0 Å². The molecule has 2 nitrogen and oxygen atoms in total. The second-order valence-electron chi connectivity index (χ2n) is 17.1. The van der Waals surface area contributed by atoms with Gasteiger partial charge in [-0.2, -0.15) is 0 Å². The van der Waals surface area contributed by atoms with Gasteiger partial charge >= 0.3 is 0 Å². The van der Waals surface area contributed by atoms with Crippen molar-refractivity contribution < 1.29 is 0 Å². The maximum Gasteiger partial charge on any atom is 0.0314 e. The van der Waals surface area contributed by atoms with Crippen molar-refractivity contribution in [3.8, 4) is 0 Å². The van der Waals surface area contributed by atoms with Gasteiger partial charge in [-0.3, -0.25) is 0 Å². The molecule has 4 aromatic carbocycles. The number of aryl methyl sites for hydroxylation is 4. The second kappa shape index (κ2) is 28.0. The summed E-state index contributed by atoms with van der Waals surface area (Å²) in [6.07, 6.45) is 36.9. The first-order chi connectivity index (χ1) is 27.5. The van der Waals surface area contributed by atoms with Crippen LogP contribution in [-0.2, 0) is 38.5 Å². The number of benzene rings is 4. The summed E-state index contributed by atoms with van der Waals surface area (Å²) in [6, 6.07) is 31.6. The van der Waals surface area contributed by atoms with E-state index in [0.29, 0.717) is 0 Å². The van der Waals surface area contributed by atoms with E-state index in [1.165, 1.54) is 200 Å². The SMILES string of the molecule is CCCCCCCc1cc(CCCCCCCCCCCCCCc2ccc(Cc3ccc(N)cc3)c(CCCCCCC)c2)ccc1Cc1ccc(N)cc1. The summed E-state index contributed by atoms with van der Waals surface area (Å²) in [5, 5.41) is 0. The highest BCUT2D eigenvalue weighted by Crippen LogP contribution is 2.24. The summed E-state index contributed by atoms with van der Waals surface area (Å²) in [6.45, 7) is 4.60. The van der Waals surface area contributed by atoms with E-state index in [1.54, 1.807) is 11.1 Å². The predicted octanol–water partition coefficient (Wildman–Crippen LogP) is 15.5. The summed E-state index contributed by atoms with van der Waals surface area (Å²) in [4.78, 5) is 0. The second-order valence-corrected chi connectivity index (χ2v) is 17.1. The van der Waals surface area contributed by atoms with Crippen LogP contribution in [0.3, 0.4) is 0 Å². The lowest BCUT2D eigenvalue weighted by molar-refractivity contribution is 0.540. The van der Waals surface area contributed by atoms with Crippen LogP contribution in [0.2, 0.25) is 0 Å². The number of hydrogen-bond donors (Lipinski definition) is 2. The van der Waals surface area contributed by atoms with E-state index >= 15 is 0 Å². The number of nitrogen functional groups attached to an aromatic ring is 2. The molecule has 0 aliphatic heterocycles. The lowest BCUT2D eigenvalue weighted by Crippen LogP contribution is -1.99. The number of nitrogens with two attached hydrogens (primary N) is 2. The Hall–Kier alpha value is -3.52. The summed E-state index contributed by atoms with van der Waals surface area (Å²) in [5.74, 6) is 0. The number of hydrogen-bond acceptors (Lipinski definition) is 2. The smallest absolute Gasteiger partial charge is 0.0314 e. The first kappa shape index (κ1) is 45.2. The molecule has 0 fully saturated rings. The highest BCUT2D eigenvalue weighted by Gasteiger charge is 2.09. The number of rotatable bonds is 31. The summed E-state index contributed by atoms with van der Waals surface area (Å²) in [5.41, 5.74) is 25.5. The molecule has 306 valence electrons. The van der Waals surface area contributed by atoms with Crippen LogP contribution in [0.15, 0.2) is 84.9 Å². The first-order valence-corrected chi connectivity index (χ1v) is 23.4. The van der Waals surface area contributed by atoms with E-state index in [-0.39, 0.29) is 0 Å². The number of unbranched alkanes of at least 4 members (excludes halogenated alkanes) is 19. The molecular weight excluding hydrogens is 677 g/mol. The monoisotopic (exact) mass is 757 g/mol. The van der Waals surface area contributed by atoms with Crippen LogP contribution in [0.5, 0.6) is 0 Å². The highest BCUT2D eigenvalue weighted by molar-refractivity contribution is 5.43. The van der Waals surface area contributed by atoms with Gasteiger partial charge in [0.1, 0.15) is 0 Å². The Labute approximate surface area is 344 Å². The molecular formula is C54H80N2. The molecule has 0 aromatic heterocycles. The Bertz CT molecular complexity index is 1460. The van der Waals surface area contributed by atoms with Crippen LogP contribution in [0.4, 0.5) is 11.4 Å². The third kappa shape index (κ3) is 18.6. The Balaban J connectivity index is 1.05. The van der Waals surface area contributed by atoms with E-state index in [0.717, 1.165) is 24.2 Å². The van der Waals surface area contributed by atoms with Crippen molar-refractivity contribution in [2.75, 3.05) is 11.5 Å². The molecule has 0 unspecified atom stereocenters. The minimum absolute atomic E-state index is 0.847. The molecule has 0 saturated carbocycles. The molecule has 0 spiro atoms. The van der Waals surface area contributed by atoms with Crippen molar-refractivity contribution in [2.24, 2.45) is 0 Å². The Morgan fingerprint density at radius 2 is 0.571 bits per heavy atom. The van der Waals surface area contributed by atoms with Gasteiger partial charge in [-0.1, -0.05) is 190 Å². The molecule has 4 aromatic rings. The van der Waals surface area contributed by atoms with Gasteiger partial charge in [-0.15, -0.1) is 0 Å². The van der Waals surface area contributed by atoms with Crippen LogP contribution < -0.4 is 11.5 Å². The summed E-state index contributed by atoms with van der Waals surface area (Å²) < 4.78 is 0. The van der Waals surface area contributed by atoms with Gasteiger partial charge in [-0.05, 0) is 133 Å². The summed E-state index contributed by atoms with van der Waals surface area (Å²) in [7, 11) is 0. The lowest BCUT2D eigenvalue weighted by atomic mass is 9.92. The molecule has 0 amide bonds. The number of anilines is 2. The van der Waals surface area contributed by atoms with E-state index in [2.05, 4.69) is 74.5 Å². The fourth-order valence-corrected chi connectivity index (χ4v) is 8.45. The normalized spacial score (nSPS) is 11.4. The van der Waals surface area contributed by atoms with Crippen molar-refractivity contribution in [1.29, 1.82) is 0 Å². The Kier molecular flexibility index (Phi) is 22.6. The topological polar surface area (TPSA) is 52.0 Å². The molecule has 0 radical (unpaired) electrons. The average molecular weight is 757 g/mol. The van der Waals surface area contributed by atoms with E-state index in [4.69, 9.17) is 11.5 Å². The maximum atomic E-state index is 5.95. The molecule has 0 heterocycles. The van der Waals surface area contributed by atoms with Gasteiger partial charge < -0.3 is 11.5 Å². The largest absolute Gasteiger partial charge is 0.399 e. The zero-order valence-corrected chi connectivity index (χ0v) is 36.0. The molecule has 2 heteroatoms. The fraction of sp³-hybridized carbons (Fsp3) is 0.556. The van der Waals surface area contributed by atoms with Gasteiger partial charge in [0.2, 0.25) is 0 Å². The van der Waals surface area contributed by atoms with Gasteiger partial charge in [0.25, 0.3) is 0 Å². The zero-order valence-electron chi connectivity index (χ0n) is 36.0. The molecule has 56 heavy (non-hydrogen) atoms. The van der Waals surface area contributed by atoms with Crippen molar-refractivity contribution in [3.05, 3.63) is 129 Å². The van der Waals surface area contributed by atoms with Crippen LogP contribution in [0.25, 0.3) is 0 Å². The van der Waals surface area contributed by atoms with Crippen molar-refractivity contribution in [2.45, 2.75) is 194 Å². The predicted molar refractivity (Wildman–Crippen MR) is 248 cm³/mol. The van der Waals surface area contributed by atoms with Crippen LogP contribution in [-0.4, -0.2) is 0 Å². The highest BCUT2D eigenvalue weighted by atomic mass is 14.5. The standard InChI is InChI=1S/C54H80N2/c1-3-5-7-17-23-27-49-41-45(29-35-51(49)43-47-31-37-53(55)38-32-47)25-21-19-15-13-11-9-10-12-14-16-20-22-26-46-30-36-52(44-48-33-39-54(56)40-34-48)50(42-46)28-24-18-8-6-4-2/h29-42H,3-28,43-44,55-56H2,1-2H3. The van der Waals surface area contributed by atoms with Crippen molar-refractivity contribution in [3.63, 3.8) is 0 Å². The minimum atomic E-state index is 0.847. The Morgan fingerprint density at radius 3 is 0.911 bits per heavy atom. The minimum Gasteiger partial charge on any atom is -0.399 e. The van der Waals surface area contributed by atoms with Gasteiger partial charge in [0.15, 0.2) is 0 Å². The van der Waals surface area contributed by atoms with Crippen LogP contribution >= 0.6 is 0 Å². The quantitative estimate of drug-likeness (QED) is 0.0397. The molecule has 0 atom stereocenters. The zero-order chi connectivity index (χ0) is 39.5. The van der Waals surface area contributed by atoms with E-state index in [1.807, 2.05) is 24.3 Å². The van der Waals surface area contributed by atoms with Gasteiger partial charge in [-0.25, -0.2) is 0 Å². The van der Waals surface area contributed by atoms with Crippen molar-refractivity contribution >= 4 is 11.4 Å². The lowest BCUT2D eigenvalue weighted by Gasteiger charge is -2.13. The van der Waals surface area contributed by atoms with Crippen molar-refractivity contribution in [1.82, 2.24) is 0 Å². The third-order valence-corrected chi connectivity index (χ3v) is 12.1. The summed E-state index contributed by atoms with van der Waals surface area (Å²) >= 11 is 0. The molecule has 0 saturated heterocycles. The fourth-order valence-electron chi connectivity index (χ4n) is 8.45. The third-order valence-electron chi connectivity index (χ3n) is 12.1. The molecule has 4 N–H and O–H groups in total. The molecule has 0 aliphatic rings. The van der Waals surface area contributed by atoms with Gasteiger partial charge in [0, 0.05) is 11.4 Å². The Morgan fingerprint density at radius 1 is 0.286 bits per heavy atom. The molecule has 0 bridgehead atoms. The molecule has 4 rings (SSSR count). The van der Waals surface area contributed by atoms with Crippen LogP contribution in [0.1, 0.15) is 200 Å². The maximum absolute atomic E-state index is 5.95. The molecule has 0 aliphatic carbocycles. The average Bonchev–Trinajstić information content (AvgIpc) is 3.21.